The quantitative estimate of drug-likeness (QED) is 0.662. The number of thiophene rings is 1. The van der Waals surface area contributed by atoms with E-state index in [0.29, 0.717) is 24.9 Å². The molecule has 0 radical (unpaired) electrons. The van der Waals surface area contributed by atoms with Crippen LogP contribution in [0.5, 0.6) is 0 Å². The van der Waals surface area contributed by atoms with Crippen LogP contribution in [0.25, 0.3) is 11.6 Å². The predicted octanol–water partition coefficient (Wildman–Crippen LogP) is 3.49. The summed E-state index contributed by atoms with van der Waals surface area (Å²) in [6, 6.07) is 2.13. The Bertz CT molecular complexity index is 1080. The third kappa shape index (κ3) is 2.92. The molecule has 8 heteroatoms. The van der Waals surface area contributed by atoms with Gasteiger partial charge in [-0.1, -0.05) is 5.16 Å². The van der Waals surface area contributed by atoms with Crippen molar-refractivity contribution in [3.8, 4) is 11.6 Å². The van der Waals surface area contributed by atoms with E-state index < -0.39 is 0 Å². The van der Waals surface area contributed by atoms with Crippen LogP contribution in [0.3, 0.4) is 0 Å². The first-order chi connectivity index (χ1) is 14.2. The molecule has 3 aliphatic rings. The molecule has 0 saturated heterocycles. The maximum atomic E-state index is 13.2. The fourth-order valence-corrected chi connectivity index (χ4v) is 5.75. The third-order valence-electron chi connectivity index (χ3n) is 6.32. The van der Waals surface area contributed by atoms with Gasteiger partial charge in [-0.05, 0) is 50.2 Å². The summed E-state index contributed by atoms with van der Waals surface area (Å²) in [6.45, 7) is 1.26. The highest BCUT2D eigenvalue weighted by Crippen LogP contribution is 2.39. The van der Waals surface area contributed by atoms with Crippen LogP contribution in [0.2, 0.25) is 0 Å². The number of aromatic nitrogens is 4. The number of amides is 1. The molecule has 3 aromatic rings. The predicted molar refractivity (Wildman–Crippen MR) is 108 cm³/mol. The van der Waals surface area contributed by atoms with Crippen molar-refractivity contribution >= 4 is 17.2 Å². The van der Waals surface area contributed by atoms with Gasteiger partial charge in [0.25, 0.3) is 11.8 Å². The van der Waals surface area contributed by atoms with E-state index in [0.717, 1.165) is 59.8 Å². The van der Waals surface area contributed by atoms with Crippen molar-refractivity contribution in [2.45, 2.75) is 57.4 Å². The van der Waals surface area contributed by atoms with E-state index in [-0.39, 0.29) is 5.91 Å². The first kappa shape index (κ1) is 17.4. The van der Waals surface area contributed by atoms with Gasteiger partial charge < -0.3 is 9.42 Å². The lowest BCUT2D eigenvalue weighted by Gasteiger charge is -2.27. The van der Waals surface area contributed by atoms with Crippen molar-refractivity contribution in [2.75, 3.05) is 6.54 Å². The minimum atomic E-state index is 0.133. The highest BCUT2D eigenvalue weighted by Gasteiger charge is 2.33. The van der Waals surface area contributed by atoms with Gasteiger partial charge >= 0.3 is 0 Å². The van der Waals surface area contributed by atoms with Crippen molar-refractivity contribution in [1.29, 1.82) is 0 Å². The normalized spacial score (nSPS) is 18.6. The number of nitrogens with zero attached hydrogens (tertiary/aromatic N) is 5. The summed E-state index contributed by atoms with van der Waals surface area (Å²) < 4.78 is 7.43. The largest absolute Gasteiger partial charge is 0.333 e. The summed E-state index contributed by atoms with van der Waals surface area (Å²) in [5.41, 5.74) is 4.30. The fraction of sp³-hybridized carbons (Fsp3) is 0.524. The molecule has 1 saturated carbocycles. The minimum Gasteiger partial charge on any atom is -0.333 e. The number of aryl methyl sites for hydroxylation is 3. The van der Waals surface area contributed by atoms with Gasteiger partial charge in [-0.3, -0.25) is 9.48 Å². The monoisotopic (exact) mass is 409 g/mol. The summed E-state index contributed by atoms with van der Waals surface area (Å²) in [6.07, 6.45) is 7.75. The first-order valence-corrected chi connectivity index (χ1v) is 11.3. The topological polar surface area (TPSA) is 77.1 Å². The lowest BCUT2D eigenvalue weighted by molar-refractivity contribution is 0.0738. The van der Waals surface area contributed by atoms with Crippen molar-refractivity contribution in [1.82, 2.24) is 24.8 Å². The van der Waals surface area contributed by atoms with E-state index >= 15 is 0 Å². The molecule has 0 unspecified atom stereocenters. The summed E-state index contributed by atoms with van der Waals surface area (Å²) in [5.74, 6) is 1.83. The van der Waals surface area contributed by atoms with E-state index in [4.69, 9.17) is 4.52 Å². The van der Waals surface area contributed by atoms with Crippen LogP contribution in [0, 0.1) is 0 Å². The molecule has 1 fully saturated rings. The molecule has 150 valence electrons. The van der Waals surface area contributed by atoms with Crippen molar-refractivity contribution < 1.29 is 9.32 Å². The molecule has 29 heavy (non-hydrogen) atoms. The lowest BCUT2D eigenvalue weighted by Crippen LogP contribution is -2.36. The van der Waals surface area contributed by atoms with Crippen molar-refractivity contribution in [2.24, 2.45) is 7.05 Å². The van der Waals surface area contributed by atoms with E-state index in [2.05, 4.69) is 21.3 Å². The third-order valence-corrected chi connectivity index (χ3v) is 7.55. The fourth-order valence-electron chi connectivity index (χ4n) is 4.53. The molecule has 4 heterocycles. The Morgan fingerprint density at radius 3 is 2.93 bits per heavy atom. The van der Waals surface area contributed by atoms with Gasteiger partial charge in [0.05, 0.1) is 11.4 Å². The highest BCUT2D eigenvalue weighted by atomic mass is 32.1. The number of fused-ring (bicyclic) bond motifs is 2. The van der Waals surface area contributed by atoms with Crippen LogP contribution in [0.4, 0.5) is 0 Å². The van der Waals surface area contributed by atoms with Crippen LogP contribution in [0.15, 0.2) is 10.6 Å². The van der Waals surface area contributed by atoms with Crippen molar-refractivity contribution in [3.63, 3.8) is 0 Å². The molecule has 0 aromatic carbocycles. The molecule has 3 aromatic heterocycles. The van der Waals surface area contributed by atoms with Crippen LogP contribution in [-0.4, -0.2) is 37.3 Å². The van der Waals surface area contributed by atoms with Crippen LogP contribution in [-0.2, 0) is 32.9 Å². The summed E-state index contributed by atoms with van der Waals surface area (Å²) >= 11 is 1.68. The lowest BCUT2D eigenvalue weighted by atomic mass is 9.99. The second-order valence-electron chi connectivity index (χ2n) is 8.37. The second-order valence-corrected chi connectivity index (χ2v) is 9.51. The smallest absolute Gasteiger partial charge is 0.278 e. The molecule has 0 N–H and O–H groups in total. The van der Waals surface area contributed by atoms with E-state index in [9.17, 15) is 4.79 Å². The van der Waals surface area contributed by atoms with E-state index in [1.54, 1.807) is 11.3 Å². The molecular formula is C21H23N5O2S. The Balaban J connectivity index is 1.29. The summed E-state index contributed by atoms with van der Waals surface area (Å²) in [7, 11) is 1.95. The molecule has 6 rings (SSSR count). The molecule has 0 atom stereocenters. The second kappa shape index (κ2) is 6.52. The average Bonchev–Trinajstić information content (AvgIpc) is 3.19. The molecule has 1 aliphatic heterocycles. The van der Waals surface area contributed by atoms with Gasteiger partial charge in [0.2, 0.25) is 0 Å². The highest BCUT2D eigenvalue weighted by molar-refractivity contribution is 7.14. The Hall–Kier alpha value is -2.48. The van der Waals surface area contributed by atoms with Gasteiger partial charge in [-0.25, -0.2) is 0 Å². The summed E-state index contributed by atoms with van der Waals surface area (Å²) in [5, 5.41) is 8.80. The SMILES string of the molecule is Cn1nc(-c2nc(C3CC3)no2)c2c1CCN(C(=O)c1cc3c(s1)CCCC3)C2. The molecule has 0 bridgehead atoms. The molecule has 2 aliphatic carbocycles. The maximum absolute atomic E-state index is 13.2. The number of rotatable bonds is 3. The average molecular weight is 410 g/mol. The van der Waals surface area contributed by atoms with Gasteiger partial charge in [0.1, 0.15) is 0 Å². The Morgan fingerprint density at radius 2 is 2.10 bits per heavy atom. The Kier molecular flexibility index (Phi) is 3.91. The number of carbonyl (C=O) groups excluding carboxylic acids is 1. The molecular weight excluding hydrogens is 386 g/mol. The van der Waals surface area contributed by atoms with Gasteiger partial charge in [-0.2, -0.15) is 10.1 Å². The molecule has 1 amide bonds. The number of carbonyl (C=O) groups is 1. The molecule has 7 nitrogen and oxygen atoms in total. The zero-order valence-electron chi connectivity index (χ0n) is 16.5. The van der Waals surface area contributed by atoms with Crippen molar-refractivity contribution in [3.05, 3.63) is 38.5 Å². The van der Waals surface area contributed by atoms with Gasteiger partial charge in [0, 0.05) is 42.1 Å². The summed E-state index contributed by atoms with van der Waals surface area (Å²) in [4.78, 5) is 22.0. The maximum Gasteiger partial charge on any atom is 0.278 e. The van der Waals surface area contributed by atoms with Gasteiger partial charge in [0.15, 0.2) is 11.5 Å². The Morgan fingerprint density at radius 1 is 1.24 bits per heavy atom. The van der Waals surface area contributed by atoms with Crippen LogP contribution in [0.1, 0.15) is 68.8 Å². The van der Waals surface area contributed by atoms with Gasteiger partial charge in [-0.15, -0.1) is 11.3 Å². The Labute approximate surface area is 172 Å². The van der Waals surface area contributed by atoms with Crippen LogP contribution >= 0.6 is 11.3 Å². The standard InChI is InChI=1S/C21H23N5O2S/c1-25-15-8-9-26(21(27)17-10-13-4-2-3-5-16(13)29-17)11-14(15)18(23-25)20-22-19(24-28-20)12-6-7-12/h10,12H,2-9,11H2,1H3. The minimum absolute atomic E-state index is 0.133. The number of hydrogen-bond acceptors (Lipinski definition) is 6. The number of hydrogen-bond donors (Lipinski definition) is 0. The zero-order valence-corrected chi connectivity index (χ0v) is 17.3. The van der Waals surface area contributed by atoms with E-state index in [1.807, 2.05) is 16.6 Å². The zero-order chi connectivity index (χ0) is 19.5. The van der Waals surface area contributed by atoms with Crippen LogP contribution < -0.4 is 0 Å². The first-order valence-electron chi connectivity index (χ1n) is 10.5. The van der Waals surface area contributed by atoms with E-state index in [1.165, 1.54) is 23.3 Å². The molecule has 0 spiro atoms.